The van der Waals surface area contributed by atoms with Crippen LogP contribution in [0.3, 0.4) is 0 Å². The van der Waals surface area contributed by atoms with Gasteiger partial charge in [-0.1, -0.05) is 51.8 Å². The van der Waals surface area contributed by atoms with Gasteiger partial charge in [0.2, 0.25) is 0 Å². The average Bonchev–Trinajstić information content (AvgIpc) is 3.15. The van der Waals surface area contributed by atoms with Crippen molar-refractivity contribution in [2.75, 3.05) is 11.9 Å². The number of aromatic nitrogens is 3. The van der Waals surface area contributed by atoms with Gasteiger partial charge in [-0.2, -0.15) is 0 Å². The zero-order valence-corrected chi connectivity index (χ0v) is 20.7. The number of aryl methyl sites for hydroxylation is 1. The molecule has 5 aromatic rings. The number of carbonyl (C=O) groups excluding carboxylic acids is 2. The minimum atomic E-state index is -0.586. The topological polar surface area (TPSA) is 86.1 Å². The summed E-state index contributed by atoms with van der Waals surface area (Å²) < 4.78 is 7.90. The summed E-state index contributed by atoms with van der Waals surface area (Å²) in [5.41, 5.74) is 4.50. The van der Waals surface area contributed by atoms with Crippen molar-refractivity contribution < 1.29 is 14.3 Å². The van der Waals surface area contributed by atoms with Gasteiger partial charge < -0.3 is 10.1 Å². The number of para-hydroxylation sites is 2. The average molecular weight is 529 g/mol. The van der Waals surface area contributed by atoms with E-state index in [1.807, 2.05) is 61.5 Å². The third kappa shape index (κ3) is 4.28. The minimum absolute atomic E-state index is 0.157. The van der Waals surface area contributed by atoms with Crippen molar-refractivity contribution in [3.05, 3.63) is 94.0 Å². The fourth-order valence-electron chi connectivity index (χ4n) is 3.91. The van der Waals surface area contributed by atoms with Crippen LogP contribution in [-0.2, 0) is 4.74 Å². The SMILES string of the molecule is CCOC(=O)c1c(NC(=O)c2cccc(Br)c2)n(-c2ccc(C)cc2)c2nc3ccccc3nc12. The van der Waals surface area contributed by atoms with Crippen LogP contribution in [0.25, 0.3) is 27.9 Å². The lowest BCUT2D eigenvalue weighted by Gasteiger charge is -2.13. The summed E-state index contributed by atoms with van der Waals surface area (Å²) >= 11 is 3.41. The van der Waals surface area contributed by atoms with E-state index < -0.39 is 5.97 Å². The molecule has 0 aliphatic rings. The first-order valence-corrected chi connectivity index (χ1v) is 11.9. The maximum Gasteiger partial charge on any atom is 0.344 e. The van der Waals surface area contributed by atoms with Crippen LogP contribution in [0.5, 0.6) is 0 Å². The van der Waals surface area contributed by atoms with Crippen LogP contribution in [0.15, 0.2) is 77.3 Å². The van der Waals surface area contributed by atoms with Crippen LogP contribution in [0, 0.1) is 6.92 Å². The molecule has 0 radical (unpaired) electrons. The van der Waals surface area contributed by atoms with Crippen LogP contribution in [0.1, 0.15) is 33.2 Å². The van der Waals surface area contributed by atoms with Gasteiger partial charge in [0.1, 0.15) is 16.9 Å². The molecule has 8 heteroatoms. The Balaban J connectivity index is 1.82. The highest BCUT2D eigenvalue weighted by Crippen LogP contribution is 2.34. The number of carbonyl (C=O) groups is 2. The molecule has 2 aromatic heterocycles. The van der Waals surface area contributed by atoms with Crippen molar-refractivity contribution >= 4 is 55.8 Å². The Labute approximate surface area is 209 Å². The molecular weight excluding hydrogens is 508 g/mol. The number of nitrogens with one attached hydrogen (secondary N) is 1. The van der Waals surface area contributed by atoms with Crippen molar-refractivity contribution in [1.82, 2.24) is 14.5 Å². The molecule has 0 bridgehead atoms. The number of amides is 1. The van der Waals surface area contributed by atoms with Crippen LogP contribution >= 0.6 is 15.9 Å². The predicted octanol–water partition coefficient (Wildman–Crippen LogP) is 6.07. The first-order valence-electron chi connectivity index (χ1n) is 11.1. The number of rotatable bonds is 5. The van der Waals surface area contributed by atoms with E-state index >= 15 is 0 Å². The lowest BCUT2D eigenvalue weighted by atomic mass is 10.2. The van der Waals surface area contributed by atoms with E-state index in [2.05, 4.69) is 21.2 Å². The zero-order chi connectivity index (χ0) is 24.5. The summed E-state index contributed by atoms with van der Waals surface area (Å²) in [7, 11) is 0. The maximum atomic E-state index is 13.3. The van der Waals surface area contributed by atoms with Crippen molar-refractivity contribution in [3.63, 3.8) is 0 Å². The molecule has 0 spiro atoms. The van der Waals surface area contributed by atoms with Gasteiger partial charge in [0.25, 0.3) is 5.91 Å². The van der Waals surface area contributed by atoms with Crippen LogP contribution < -0.4 is 5.32 Å². The summed E-state index contributed by atoms with van der Waals surface area (Å²) in [6.07, 6.45) is 0. The van der Waals surface area contributed by atoms with Crippen molar-refractivity contribution in [3.8, 4) is 5.69 Å². The van der Waals surface area contributed by atoms with Crippen LogP contribution in [-0.4, -0.2) is 33.0 Å². The monoisotopic (exact) mass is 528 g/mol. The molecule has 0 fully saturated rings. The lowest BCUT2D eigenvalue weighted by molar-refractivity contribution is 0.0529. The number of ether oxygens (including phenoxy) is 1. The van der Waals surface area contributed by atoms with Gasteiger partial charge in [0, 0.05) is 15.7 Å². The third-order valence-corrected chi connectivity index (χ3v) is 6.04. The largest absolute Gasteiger partial charge is 0.462 e. The number of hydrogen-bond acceptors (Lipinski definition) is 5. The van der Waals surface area contributed by atoms with Gasteiger partial charge in [0.05, 0.1) is 17.6 Å². The van der Waals surface area contributed by atoms with E-state index in [4.69, 9.17) is 14.7 Å². The van der Waals surface area contributed by atoms with Gasteiger partial charge in [-0.3, -0.25) is 9.36 Å². The van der Waals surface area contributed by atoms with Crippen LogP contribution in [0.4, 0.5) is 5.82 Å². The minimum Gasteiger partial charge on any atom is -0.462 e. The molecule has 1 N–H and O–H groups in total. The molecule has 0 saturated heterocycles. The Morgan fingerprint density at radius 3 is 2.37 bits per heavy atom. The van der Waals surface area contributed by atoms with Gasteiger partial charge in [-0.25, -0.2) is 14.8 Å². The van der Waals surface area contributed by atoms with Crippen molar-refractivity contribution in [2.45, 2.75) is 13.8 Å². The smallest absolute Gasteiger partial charge is 0.344 e. The summed E-state index contributed by atoms with van der Waals surface area (Å²) in [5.74, 6) is -0.711. The summed E-state index contributed by atoms with van der Waals surface area (Å²) in [4.78, 5) is 36.1. The van der Waals surface area contributed by atoms with Crippen molar-refractivity contribution in [2.24, 2.45) is 0 Å². The molecule has 3 aromatic carbocycles. The van der Waals surface area contributed by atoms with Gasteiger partial charge in [-0.05, 0) is 56.3 Å². The molecule has 2 heterocycles. The molecule has 7 nitrogen and oxygen atoms in total. The number of nitrogens with zero attached hydrogens (tertiary/aromatic N) is 3. The Morgan fingerprint density at radius 2 is 1.69 bits per heavy atom. The fraction of sp³-hybridized carbons (Fsp3) is 0.111. The van der Waals surface area contributed by atoms with E-state index in [-0.39, 0.29) is 23.9 Å². The molecule has 35 heavy (non-hydrogen) atoms. The number of hydrogen-bond donors (Lipinski definition) is 1. The Hall–Kier alpha value is -4.04. The van der Waals surface area contributed by atoms with Crippen molar-refractivity contribution in [1.29, 1.82) is 0 Å². The third-order valence-electron chi connectivity index (χ3n) is 5.55. The second-order valence-electron chi connectivity index (χ2n) is 7.96. The van der Waals surface area contributed by atoms with Gasteiger partial charge >= 0.3 is 5.97 Å². The first kappa shape index (κ1) is 22.7. The highest BCUT2D eigenvalue weighted by Gasteiger charge is 2.29. The molecule has 0 unspecified atom stereocenters. The number of halogens is 1. The number of benzene rings is 3. The van der Waals surface area contributed by atoms with E-state index in [1.54, 1.807) is 29.7 Å². The molecule has 174 valence electrons. The number of esters is 1. The highest BCUT2D eigenvalue weighted by atomic mass is 79.9. The molecular formula is C27H21BrN4O3. The normalized spacial score (nSPS) is 11.1. The molecule has 0 aliphatic carbocycles. The molecule has 0 saturated carbocycles. The van der Waals surface area contributed by atoms with E-state index in [0.717, 1.165) is 15.7 Å². The maximum absolute atomic E-state index is 13.3. The first-order chi connectivity index (χ1) is 17.0. The molecule has 1 amide bonds. The molecule has 5 rings (SSSR count). The van der Waals surface area contributed by atoms with E-state index in [9.17, 15) is 9.59 Å². The second kappa shape index (κ2) is 9.31. The standard InChI is InChI=1S/C27H21BrN4O3/c1-3-35-27(34)22-23-25(30-21-10-5-4-9-20(21)29-23)32(19-13-11-16(2)12-14-19)24(22)31-26(33)17-7-6-8-18(28)15-17/h4-15H,3H2,1-2H3,(H,31,33). The highest BCUT2D eigenvalue weighted by molar-refractivity contribution is 9.10. The lowest BCUT2D eigenvalue weighted by Crippen LogP contribution is -2.18. The van der Waals surface area contributed by atoms with E-state index in [0.29, 0.717) is 27.8 Å². The Morgan fingerprint density at radius 1 is 0.971 bits per heavy atom. The summed E-state index contributed by atoms with van der Waals surface area (Å²) in [6, 6.07) is 22.2. The summed E-state index contributed by atoms with van der Waals surface area (Å²) in [6.45, 7) is 3.90. The van der Waals surface area contributed by atoms with Gasteiger partial charge in [0.15, 0.2) is 5.65 Å². The quantitative estimate of drug-likeness (QED) is 0.279. The van der Waals surface area contributed by atoms with Gasteiger partial charge in [-0.15, -0.1) is 0 Å². The number of fused-ring (bicyclic) bond motifs is 2. The van der Waals surface area contributed by atoms with Crippen LogP contribution in [0.2, 0.25) is 0 Å². The second-order valence-corrected chi connectivity index (χ2v) is 8.88. The zero-order valence-electron chi connectivity index (χ0n) is 19.1. The molecule has 0 aliphatic heterocycles. The Kier molecular flexibility index (Phi) is 6.05. The molecule has 0 atom stereocenters. The number of anilines is 1. The fourth-order valence-corrected chi connectivity index (χ4v) is 4.31. The Bertz CT molecular complexity index is 1590. The predicted molar refractivity (Wildman–Crippen MR) is 139 cm³/mol. The summed E-state index contributed by atoms with van der Waals surface area (Å²) in [5, 5.41) is 2.94. The van der Waals surface area contributed by atoms with E-state index in [1.165, 1.54) is 0 Å².